The highest BCUT2D eigenvalue weighted by atomic mass is 16.5. The smallest absolute Gasteiger partial charge is 0.228 e. The van der Waals surface area contributed by atoms with Crippen molar-refractivity contribution in [1.82, 2.24) is 9.55 Å². The van der Waals surface area contributed by atoms with E-state index in [9.17, 15) is 0 Å². The molecule has 0 unspecified atom stereocenters. The number of ether oxygens (including phenoxy) is 1. The van der Waals surface area contributed by atoms with Gasteiger partial charge in [0.1, 0.15) is 11.6 Å². The molecule has 0 aliphatic carbocycles. The number of benzene rings is 3. The molecule has 4 aromatic rings. The fourth-order valence-electron chi connectivity index (χ4n) is 4.65. The Hall–Kier alpha value is -3.86. The van der Waals surface area contributed by atoms with Crippen molar-refractivity contribution < 1.29 is 4.74 Å². The third-order valence-electron chi connectivity index (χ3n) is 6.28. The summed E-state index contributed by atoms with van der Waals surface area (Å²) in [7, 11) is 0. The van der Waals surface area contributed by atoms with Crippen LogP contribution in [0.15, 0.2) is 77.8 Å². The molecule has 158 valence electrons. The van der Waals surface area contributed by atoms with Crippen LogP contribution in [0.25, 0.3) is 22.7 Å². The van der Waals surface area contributed by atoms with E-state index in [1.165, 1.54) is 0 Å². The second kappa shape index (κ2) is 7.38. The number of fused-ring (bicyclic) bond motifs is 6. The molecule has 0 radical (unpaired) electrons. The van der Waals surface area contributed by atoms with Crippen LogP contribution in [0.3, 0.4) is 0 Å². The zero-order chi connectivity index (χ0) is 21.7. The highest BCUT2D eigenvalue weighted by Gasteiger charge is 2.33. The van der Waals surface area contributed by atoms with E-state index in [1.807, 2.05) is 30.3 Å². The molecule has 1 atom stereocenters. The summed E-state index contributed by atoms with van der Waals surface area (Å²) in [6.07, 6.45) is 1.93. The van der Waals surface area contributed by atoms with Crippen molar-refractivity contribution in [1.29, 1.82) is 0 Å². The van der Waals surface area contributed by atoms with E-state index in [1.54, 1.807) is 0 Å². The molecular formula is C27H24N4O. The molecule has 2 aliphatic heterocycles. The van der Waals surface area contributed by atoms with E-state index >= 15 is 0 Å². The fraction of sp³-hybridized carbons (Fsp3) is 0.185. The van der Waals surface area contributed by atoms with Gasteiger partial charge in [-0.1, -0.05) is 42.5 Å². The maximum Gasteiger partial charge on any atom is 0.228 e. The summed E-state index contributed by atoms with van der Waals surface area (Å²) in [6.45, 7) is 6.25. The average molecular weight is 421 g/mol. The summed E-state index contributed by atoms with van der Waals surface area (Å²) in [5.74, 6) is 2.36. The van der Waals surface area contributed by atoms with E-state index in [2.05, 4.69) is 71.9 Å². The van der Waals surface area contributed by atoms with Crippen molar-refractivity contribution in [3.8, 4) is 5.75 Å². The number of nitrogens with zero attached hydrogens (tertiary/aromatic N) is 4. The van der Waals surface area contributed by atoms with Gasteiger partial charge in [0.15, 0.2) is 6.17 Å². The largest absolute Gasteiger partial charge is 0.438 e. The molecule has 1 aromatic heterocycles. The van der Waals surface area contributed by atoms with Crippen molar-refractivity contribution >= 4 is 34.3 Å². The average Bonchev–Trinajstić information content (AvgIpc) is 3.24. The van der Waals surface area contributed by atoms with Crippen LogP contribution < -0.4 is 9.64 Å². The first-order chi connectivity index (χ1) is 15.8. The van der Waals surface area contributed by atoms with Crippen LogP contribution in [0, 0.1) is 0 Å². The van der Waals surface area contributed by atoms with Crippen molar-refractivity contribution in [2.75, 3.05) is 18.0 Å². The molecule has 0 fully saturated rings. The van der Waals surface area contributed by atoms with Gasteiger partial charge in [0.25, 0.3) is 0 Å². The summed E-state index contributed by atoms with van der Waals surface area (Å²) >= 11 is 0. The van der Waals surface area contributed by atoms with Crippen molar-refractivity contribution in [2.24, 2.45) is 4.99 Å². The van der Waals surface area contributed by atoms with E-state index in [0.29, 0.717) is 5.90 Å². The normalized spacial score (nSPS) is 16.4. The summed E-state index contributed by atoms with van der Waals surface area (Å²) < 4.78 is 8.64. The molecule has 0 amide bonds. The predicted octanol–water partition coefficient (Wildman–Crippen LogP) is 5.77. The van der Waals surface area contributed by atoms with Crippen molar-refractivity contribution in [3.63, 3.8) is 0 Å². The molecule has 6 rings (SSSR count). The number of imidazole rings is 1. The van der Waals surface area contributed by atoms with Gasteiger partial charge in [-0.3, -0.25) is 4.57 Å². The molecule has 5 heteroatoms. The minimum absolute atomic E-state index is 0.224. The van der Waals surface area contributed by atoms with Crippen molar-refractivity contribution in [2.45, 2.75) is 20.0 Å². The van der Waals surface area contributed by atoms with Gasteiger partial charge < -0.3 is 9.64 Å². The molecule has 2 aliphatic rings. The number of rotatable bonds is 4. The first-order valence-corrected chi connectivity index (χ1v) is 11.2. The zero-order valence-electron chi connectivity index (χ0n) is 18.2. The van der Waals surface area contributed by atoms with Crippen LogP contribution in [0.5, 0.6) is 5.75 Å². The van der Waals surface area contributed by atoms with Crippen LogP contribution in [-0.4, -0.2) is 28.5 Å². The van der Waals surface area contributed by atoms with E-state index in [-0.39, 0.29) is 6.17 Å². The maximum atomic E-state index is 6.42. The lowest BCUT2D eigenvalue weighted by molar-refractivity contribution is 0.516. The molecule has 3 aromatic carbocycles. The van der Waals surface area contributed by atoms with Crippen molar-refractivity contribution in [3.05, 3.63) is 89.7 Å². The Morgan fingerprint density at radius 1 is 0.938 bits per heavy atom. The Morgan fingerprint density at radius 3 is 2.53 bits per heavy atom. The third-order valence-corrected chi connectivity index (χ3v) is 6.28. The highest BCUT2D eigenvalue weighted by molar-refractivity contribution is 6.26. The molecule has 0 saturated carbocycles. The molecule has 5 nitrogen and oxygen atoms in total. The van der Waals surface area contributed by atoms with E-state index in [0.717, 1.165) is 58.1 Å². The molecular weight excluding hydrogens is 396 g/mol. The van der Waals surface area contributed by atoms with Gasteiger partial charge in [-0.15, -0.1) is 0 Å². The predicted molar refractivity (Wildman–Crippen MR) is 130 cm³/mol. The summed E-state index contributed by atoms with van der Waals surface area (Å²) in [4.78, 5) is 12.4. The van der Waals surface area contributed by atoms with Crippen LogP contribution >= 0.6 is 0 Å². The Balaban J connectivity index is 1.55. The highest BCUT2D eigenvalue weighted by Crippen LogP contribution is 2.41. The fourth-order valence-corrected chi connectivity index (χ4v) is 4.65. The lowest BCUT2D eigenvalue weighted by atomic mass is 10.0. The Morgan fingerprint density at radius 2 is 1.72 bits per heavy atom. The zero-order valence-corrected chi connectivity index (χ0v) is 18.2. The summed E-state index contributed by atoms with van der Waals surface area (Å²) in [6, 6.07) is 25.0. The van der Waals surface area contributed by atoms with Crippen LogP contribution in [0.4, 0.5) is 5.69 Å². The second-order valence-corrected chi connectivity index (χ2v) is 8.07. The van der Waals surface area contributed by atoms with E-state index < -0.39 is 0 Å². The molecule has 32 heavy (non-hydrogen) atoms. The van der Waals surface area contributed by atoms with Crippen LogP contribution in [0.1, 0.15) is 37.0 Å². The van der Waals surface area contributed by atoms with Crippen LogP contribution in [-0.2, 0) is 0 Å². The van der Waals surface area contributed by atoms with Gasteiger partial charge in [-0.25, -0.2) is 9.98 Å². The minimum Gasteiger partial charge on any atom is -0.438 e. The van der Waals surface area contributed by atoms with Crippen LogP contribution in [0.2, 0.25) is 0 Å². The Kier molecular flexibility index (Phi) is 4.35. The number of hydrogen-bond donors (Lipinski definition) is 0. The van der Waals surface area contributed by atoms with E-state index in [4.69, 9.17) is 14.7 Å². The first-order valence-electron chi connectivity index (χ1n) is 11.2. The number of hydrogen-bond acceptors (Lipinski definition) is 4. The maximum absolute atomic E-state index is 6.42. The molecule has 3 heterocycles. The van der Waals surface area contributed by atoms with Gasteiger partial charge in [-0.2, -0.15) is 0 Å². The standard InChI is InChI=1S/C27H24N4O/c1-3-30(4-2)20-15-14-19-16-21-26-28-22-12-8-9-13-23(22)31(26)25(18-10-6-5-7-11-18)29-27(21)32-24(19)17-20/h5-17,25H,3-4H2,1-2H3/t25-/m0/s1. The Labute approximate surface area is 187 Å². The summed E-state index contributed by atoms with van der Waals surface area (Å²) in [5.41, 5.74) is 6.28. The quantitative estimate of drug-likeness (QED) is 0.421. The lowest BCUT2D eigenvalue weighted by Gasteiger charge is -2.29. The lowest BCUT2D eigenvalue weighted by Crippen LogP contribution is -2.27. The number of aromatic nitrogens is 2. The SMILES string of the molecule is CCN(CC)c1ccc2c(c1)OC1=N[C@H](c3ccccc3)n3c(nc4ccccc43)C1=C2. The molecule has 0 saturated heterocycles. The van der Waals surface area contributed by atoms with Gasteiger partial charge in [-0.05, 0) is 49.8 Å². The Bertz CT molecular complexity index is 1380. The molecule has 0 bridgehead atoms. The molecule has 0 spiro atoms. The van der Waals surface area contributed by atoms with Gasteiger partial charge in [0.2, 0.25) is 5.90 Å². The monoisotopic (exact) mass is 420 g/mol. The van der Waals surface area contributed by atoms with Gasteiger partial charge >= 0.3 is 0 Å². The number of anilines is 1. The molecule has 0 N–H and O–H groups in total. The summed E-state index contributed by atoms with van der Waals surface area (Å²) in [5, 5.41) is 0. The van der Waals surface area contributed by atoms with Gasteiger partial charge in [0.05, 0.1) is 16.6 Å². The number of aliphatic imine (C=N–C) groups is 1. The minimum atomic E-state index is -0.224. The first kappa shape index (κ1) is 18.9. The topological polar surface area (TPSA) is 42.6 Å². The van der Waals surface area contributed by atoms with Gasteiger partial charge in [0, 0.05) is 30.4 Å². The second-order valence-electron chi connectivity index (χ2n) is 8.07. The third kappa shape index (κ3) is 2.85. The number of para-hydroxylation sites is 2.